The lowest BCUT2D eigenvalue weighted by Gasteiger charge is -2.19. The zero-order valence-corrected chi connectivity index (χ0v) is 26.7. The Morgan fingerprint density at radius 3 is 2.05 bits per heavy atom. The minimum Gasteiger partial charge on any atom is -0.357 e. The van der Waals surface area contributed by atoms with Crippen LogP contribution >= 0.6 is 27.3 Å². The second kappa shape index (κ2) is 18.6. The maximum atomic E-state index is 12.9. The lowest BCUT2D eigenvalue weighted by Crippen LogP contribution is -2.52. The second-order valence-electron chi connectivity index (χ2n) is 9.81. The Morgan fingerprint density at radius 2 is 1.36 bits per heavy atom. The van der Waals surface area contributed by atoms with E-state index in [0.29, 0.717) is 6.61 Å². The van der Waals surface area contributed by atoms with Crippen molar-refractivity contribution in [2.75, 3.05) is 31.7 Å². The molecule has 1 heterocycles. The molecule has 0 aliphatic carbocycles. The fraction of sp³-hybridized carbons (Fsp3) is 0.323. The molecule has 44 heavy (non-hydrogen) atoms. The molecule has 234 valence electrons. The molecule has 0 saturated heterocycles. The highest BCUT2D eigenvalue weighted by Crippen LogP contribution is 2.19. The molecular weight excluding hydrogens is 650 g/mol. The summed E-state index contributed by atoms with van der Waals surface area (Å²) in [4.78, 5) is 63.4. The van der Waals surface area contributed by atoms with Gasteiger partial charge in [0.15, 0.2) is 0 Å². The summed E-state index contributed by atoms with van der Waals surface area (Å²) < 4.78 is 5.56. The van der Waals surface area contributed by atoms with E-state index < -0.39 is 36.2 Å². The molecule has 5 amide bonds. The molecule has 0 aliphatic heterocycles. The van der Waals surface area contributed by atoms with Crippen molar-refractivity contribution in [2.45, 2.75) is 32.4 Å². The molecule has 1 aromatic heterocycles. The summed E-state index contributed by atoms with van der Waals surface area (Å²) in [5.41, 5.74) is 2.97. The van der Waals surface area contributed by atoms with Gasteiger partial charge in [0, 0.05) is 22.6 Å². The first kappa shape index (κ1) is 34.4. The van der Waals surface area contributed by atoms with Gasteiger partial charge in [0.1, 0.15) is 12.8 Å². The van der Waals surface area contributed by atoms with E-state index in [-0.39, 0.29) is 37.5 Å². The molecule has 0 spiro atoms. The number of benzene rings is 2. The molecule has 13 heteroatoms. The number of hydrogen-bond donors (Lipinski definition) is 5. The zero-order chi connectivity index (χ0) is 31.7. The summed E-state index contributed by atoms with van der Waals surface area (Å²) in [7, 11) is 0. The first-order chi connectivity index (χ1) is 21.2. The minimum atomic E-state index is -0.995. The molecule has 0 saturated carbocycles. The van der Waals surface area contributed by atoms with E-state index >= 15 is 0 Å². The monoisotopic (exact) mass is 685 g/mol. The zero-order valence-electron chi connectivity index (χ0n) is 24.3. The number of alkyl halides is 1. The lowest BCUT2D eigenvalue weighted by molar-refractivity contribution is -0.131. The number of ether oxygens (including phenoxy) is 1. The van der Waals surface area contributed by atoms with Crippen molar-refractivity contribution in [2.24, 2.45) is 0 Å². The fourth-order valence-corrected chi connectivity index (χ4v) is 5.08. The van der Waals surface area contributed by atoms with Gasteiger partial charge in [0.2, 0.25) is 29.5 Å². The Kier molecular flexibility index (Phi) is 14.5. The highest BCUT2D eigenvalue weighted by molar-refractivity contribution is 9.09. The molecule has 2 aromatic carbocycles. The summed E-state index contributed by atoms with van der Waals surface area (Å²) >= 11 is 4.76. The van der Waals surface area contributed by atoms with Crippen LogP contribution in [-0.4, -0.2) is 67.3 Å². The van der Waals surface area contributed by atoms with E-state index in [1.54, 1.807) is 23.5 Å². The van der Waals surface area contributed by atoms with Gasteiger partial charge >= 0.3 is 0 Å². The topological polar surface area (TPSA) is 155 Å². The predicted molar refractivity (Wildman–Crippen MR) is 171 cm³/mol. The molecule has 0 unspecified atom stereocenters. The normalized spacial score (nSPS) is 11.2. The molecule has 1 atom stereocenters. The van der Waals surface area contributed by atoms with E-state index in [0.717, 1.165) is 17.5 Å². The van der Waals surface area contributed by atoms with Crippen LogP contribution in [0.5, 0.6) is 0 Å². The Hall–Kier alpha value is -4.07. The number of nitrogens with one attached hydrogen (secondary N) is 5. The number of amides is 5. The van der Waals surface area contributed by atoms with Crippen LogP contribution in [0.4, 0.5) is 0 Å². The third-order valence-corrected chi connectivity index (χ3v) is 7.72. The van der Waals surface area contributed by atoms with Crippen molar-refractivity contribution in [3.63, 3.8) is 0 Å². The van der Waals surface area contributed by atoms with Crippen LogP contribution < -0.4 is 26.6 Å². The van der Waals surface area contributed by atoms with Crippen molar-refractivity contribution in [1.82, 2.24) is 26.6 Å². The van der Waals surface area contributed by atoms with E-state index in [4.69, 9.17) is 4.74 Å². The van der Waals surface area contributed by atoms with Gasteiger partial charge in [0.05, 0.1) is 31.6 Å². The SMILES string of the molecule is Cc1ccc(Cc2ccc(COCNC(=O)CNC(=O)[C@H](Cc3ccccc3)NC(=O)CNC(=O)CNC(=O)CBr)cc2)s1. The third kappa shape index (κ3) is 13.1. The van der Waals surface area contributed by atoms with Gasteiger partial charge in [-0.3, -0.25) is 24.0 Å². The van der Waals surface area contributed by atoms with Crippen molar-refractivity contribution < 1.29 is 28.7 Å². The number of aryl methyl sites for hydroxylation is 1. The maximum absolute atomic E-state index is 12.9. The van der Waals surface area contributed by atoms with Crippen molar-refractivity contribution in [3.05, 3.63) is 93.2 Å². The van der Waals surface area contributed by atoms with Gasteiger partial charge in [0.25, 0.3) is 0 Å². The minimum absolute atomic E-state index is 0.0368. The van der Waals surface area contributed by atoms with E-state index in [1.807, 2.05) is 30.3 Å². The summed E-state index contributed by atoms with van der Waals surface area (Å²) in [6.07, 6.45) is 1.05. The van der Waals surface area contributed by atoms with Crippen LogP contribution in [0.25, 0.3) is 0 Å². The number of halogens is 1. The van der Waals surface area contributed by atoms with Gasteiger partial charge in [-0.1, -0.05) is 70.5 Å². The van der Waals surface area contributed by atoms with Gasteiger partial charge in [-0.25, -0.2) is 0 Å². The van der Waals surface area contributed by atoms with Gasteiger partial charge in [-0.2, -0.15) is 0 Å². The Bertz CT molecular complexity index is 1400. The van der Waals surface area contributed by atoms with Crippen LogP contribution in [0.15, 0.2) is 66.7 Å². The number of hydrogen-bond acceptors (Lipinski definition) is 7. The molecule has 0 radical (unpaired) electrons. The molecule has 0 fully saturated rings. The molecule has 0 bridgehead atoms. The molecule has 0 aliphatic rings. The molecular formula is C31H36BrN5O6S. The van der Waals surface area contributed by atoms with Crippen molar-refractivity contribution >= 4 is 56.8 Å². The lowest BCUT2D eigenvalue weighted by atomic mass is 10.1. The smallest absolute Gasteiger partial charge is 0.243 e. The van der Waals surface area contributed by atoms with Crippen LogP contribution in [-0.2, 0) is 48.2 Å². The molecule has 3 rings (SSSR count). The Morgan fingerprint density at radius 1 is 0.727 bits per heavy atom. The maximum Gasteiger partial charge on any atom is 0.243 e. The largest absolute Gasteiger partial charge is 0.357 e. The first-order valence-corrected chi connectivity index (χ1v) is 15.8. The number of carbonyl (C=O) groups excluding carboxylic acids is 5. The molecule has 11 nitrogen and oxygen atoms in total. The average molecular weight is 687 g/mol. The summed E-state index contributed by atoms with van der Waals surface area (Å²) in [6, 6.07) is 20.4. The number of rotatable bonds is 17. The average Bonchev–Trinajstić information content (AvgIpc) is 3.44. The highest BCUT2D eigenvalue weighted by atomic mass is 79.9. The summed E-state index contributed by atoms with van der Waals surface area (Å²) in [6.45, 7) is 1.38. The number of thiophene rings is 1. The predicted octanol–water partition coefficient (Wildman–Crippen LogP) is 1.71. The van der Waals surface area contributed by atoms with Crippen LogP contribution in [0.3, 0.4) is 0 Å². The summed E-state index contributed by atoms with van der Waals surface area (Å²) in [5, 5.41) is 12.5. The first-order valence-electron chi connectivity index (χ1n) is 13.9. The Labute approximate surface area is 268 Å². The Balaban J connectivity index is 1.39. The second-order valence-corrected chi connectivity index (χ2v) is 11.7. The summed E-state index contributed by atoms with van der Waals surface area (Å²) in [5.74, 6) is -2.55. The van der Waals surface area contributed by atoms with E-state index in [1.165, 1.54) is 15.3 Å². The molecule has 5 N–H and O–H groups in total. The van der Waals surface area contributed by atoms with Crippen LogP contribution in [0.2, 0.25) is 0 Å². The van der Waals surface area contributed by atoms with Crippen LogP contribution in [0, 0.1) is 6.92 Å². The van der Waals surface area contributed by atoms with Gasteiger partial charge < -0.3 is 31.3 Å². The molecule has 3 aromatic rings. The van der Waals surface area contributed by atoms with Crippen molar-refractivity contribution in [1.29, 1.82) is 0 Å². The fourth-order valence-electron chi connectivity index (χ4n) is 3.96. The van der Waals surface area contributed by atoms with Crippen molar-refractivity contribution in [3.8, 4) is 0 Å². The van der Waals surface area contributed by atoms with E-state index in [9.17, 15) is 24.0 Å². The standard InChI is InChI=1S/C31H36BrN5O6S/c1-21-7-12-25(44-21)13-23-8-10-24(11-9-23)19-43-20-36-29(40)17-35-31(42)26(14-22-5-3-2-4-6-22)37-30(41)18-34-28(39)16-33-27(38)15-32/h2-12,26H,13-20H2,1H3,(H,33,38)(H,34,39)(H,35,42)(H,36,40)(H,37,41)/t26-/m0/s1. The van der Waals surface area contributed by atoms with Crippen LogP contribution in [0.1, 0.15) is 26.4 Å². The highest BCUT2D eigenvalue weighted by Gasteiger charge is 2.22. The van der Waals surface area contributed by atoms with Gasteiger partial charge in [-0.05, 0) is 35.7 Å². The van der Waals surface area contributed by atoms with E-state index in [2.05, 4.69) is 73.7 Å². The quantitative estimate of drug-likeness (QED) is 0.0828. The third-order valence-electron chi connectivity index (χ3n) is 6.21. The number of carbonyl (C=O) groups is 5. The van der Waals surface area contributed by atoms with Gasteiger partial charge in [-0.15, -0.1) is 11.3 Å².